The van der Waals surface area contributed by atoms with Gasteiger partial charge >= 0.3 is 6.18 Å². The number of aromatic nitrogens is 1. The first-order valence-electron chi connectivity index (χ1n) is 12.5. The summed E-state index contributed by atoms with van der Waals surface area (Å²) < 4.78 is 56.8. The summed E-state index contributed by atoms with van der Waals surface area (Å²) in [4.78, 5) is 21.1. The van der Waals surface area contributed by atoms with Crippen LogP contribution < -0.4 is 10.2 Å². The zero-order valence-corrected chi connectivity index (χ0v) is 20.9. The molecule has 10 heteroatoms. The Morgan fingerprint density at radius 2 is 1.66 bits per heavy atom. The molecule has 0 aliphatic carbocycles. The number of rotatable bonds is 10. The third-order valence-electron chi connectivity index (χ3n) is 6.41. The first kappa shape index (κ1) is 27.5. The molecule has 1 aromatic heterocycles. The van der Waals surface area contributed by atoms with Crippen molar-refractivity contribution in [1.82, 2.24) is 15.2 Å². The molecular weight excluding hydrogens is 500 g/mol. The van der Waals surface area contributed by atoms with Gasteiger partial charge in [-0.1, -0.05) is 12.1 Å². The summed E-state index contributed by atoms with van der Waals surface area (Å²) in [5.41, 5.74) is 2.62. The molecule has 0 atom stereocenters. The van der Waals surface area contributed by atoms with Gasteiger partial charge in [-0.15, -0.1) is 0 Å². The van der Waals surface area contributed by atoms with Crippen LogP contribution in [-0.2, 0) is 22.3 Å². The summed E-state index contributed by atoms with van der Waals surface area (Å²) in [5, 5.41) is 2.70. The smallest absolute Gasteiger partial charge is 0.380 e. The Labute approximate surface area is 219 Å². The lowest BCUT2D eigenvalue weighted by molar-refractivity contribution is -0.137. The largest absolute Gasteiger partial charge is 0.416 e. The van der Waals surface area contributed by atoms with Gasteiger partial charge in [0.25, 0.3) is 0 Å². The number of benzene rings is 2. The van der Waals surface area contributed by atoms with E-state index >= 15 is 0 Å². The lowest BCUT2D eigenvalue weighted by Gasteiger charge is -2.36. The SMILES string of the molecule is O=C(CCOCCN1CCN(c2cccnc2-c2ccc(F)cc2)CC1)NCc1ccc(C(F)(F)F)cc1. The van der Waals surface area contributed by atoms with Crippen LogP contribution in [0.4, 0.5) is 23.2 Å². The molecule has 1 N–H and O–H groups in total. The normalized spacial score (nSPS) is 14.5. The van der Waals surface area contributed by atoms with E-state index in [2.05, 4.69) is 20.1 Å². The highest BCUT2D eigenvalue weighted by Gasteiger charge is 2.29. The van der Waals surface area contributed by atoms with Gasteiger partial charge in [-0.3, -0.25) is 14.7 Å². The number of nitrogens with one attached hydrogen (secondary N) is 1. The van der Waals surface area contributed by atoms with Crippen molar-refractivity contribution in [2.45, 2.75) is 19.1 Å². The van der Waals surface area contributed by atoms with Gasteiger partial charge in [0.2, 0.25) is 5.91 Å². The number of alkyl halides is 3. The third kappa shape index (κ3) is 7.75. The maximum atomic E-state index is 13.3. The summed E-state index contributed by atoms with van der Waals surface area (Å²) >= 11 is 0. The molecule has 3 aromatic rings. The van der Waals surface area contributed by atoms with Crippen LogP contribution in [0.25, 0.3) is 11.3 Å². The van der Waals surface area contributed by atoms with Crippen molar-refractivity contribution in [2.75, 3.05) is 50.8 Å². The summed E-state index contributed by atoms with van der Waals surface area (Å²) in [6.45, 7) is 5.05. The second-order valence-corrected chi connectivity index (χ2v) is 9.04. The minimum absolute atomic E-state index is 0.168. The van der Waals surface area contributed by atoms with E-state index in [1.807, 2.05) is 12.1 Å². The first-order valence-corrected chi connectivity index (χ1v) is 12.5. The summed E-state index contributed by atoms with van der Waals surface area (Å²) in [5.74, 6) is -0.493. The van der Waals surface area contributed by atoms with Gasteiger partial charge in [0, 0.05) is 57.4 Å². The van der Waals surface area contributed by atoms with E-state index in [0.717, 1.165) is 61.8 Å². The molecule has 2 aromatic carbocycles. The standard InChI is InChI=1S/C28H30F4N4O2/c29-24-9-5-22(6-10-24)27-25(2-1-12-33-27)36-15-13-35(14-16-36)17-19-38-18-11-26(37)34-20-21-3-7-23(8-4-21)28(30,31)32/h1-10,12H,11,13-20H2,(H,34,37). The lowest BCUT2D eigenvalue weighted by Crippen LogP contribution is -2.47. The Bertz CT molecular complexity index is 1180. The van der Waals surface area contributed by atoms with E-state index in [1.165, 1.54) is 24.3 Å². The number of hydrogen-bond donors (Lipinski definition) is 1. The average molecular weight is 531 g/mol. The maximum Gasteiger partial charge on any atom is 0.416 e. The van der Waals surface area contributed by atoms with Gasteiger partial charge in [-0.05, 0) is 54.1 Å². The lowest BCUT2D eigenvalue weighted by atomic mass is 10.1. The van der Waals surface area contributed by atoms with Crippen LogP contribution in [0.1, 0.15) is 17.5 Å². The van der Waals surface area contributed by atoms with E-state index in [1.54, 1.807) is 18.3 Å². The minimum Gasteiger partial charge on any atom is -0.380 e. The van der Waals surface area contributed by atoms with Gasteiger partial charge < -0.3 is 15.0 Å². The molecule has 0 spiro atoms. The highest BCUT2D eigenvalue weighted by Crippen LogP contribution is 2.30. The van der Waals surface area contributed by atoms with Crippen molar-refractivity contribution in [1.29, 1.82) is 0 Å². The number of carbonyl (C=O) groups is 1. The van der Waals surface area contributed by atoms with Gasteiger partial charge in [0.15, 0.2) is 0 Å². The van der Waals surface area contributed by atoms with Crippen LogP contribution in [-0.4, -0.2) is 61.7 Å². The van der Waals surface area contributed by atoms with E-state index < -0.39 is 11.7 Å². The molecule has 1 aliphatic rings. The first-order chi connectivity index (χ1) is 18.3. The van der Waals surface area contributed by atoms with Crippen LogP contribution in [0, 0.1) is 5.82 Å². The van der Waals surface area contributed by atoms with Crippen molar-refractivity contribution in [3.8, 4) is 11.3 Å². The molecule has 202 valence electrons. The molecule has 0 unspecified atom stereocenters. The van der Waals surface area contributed by atoms with Gasteiger partial charge in [-0.25, -0.2) is 4.39 Å². The minimum atomic E-state index is -4.37. The average Bonchev–Trinajstić information content (AvgIpc) is 2.92. The topological polar surface area (TPSA) is 57.7 Å². The van der Waals surface area contributed by atoms with Gasteiger partial charge in [0.05, 0.1) is 30.2 Å². The molecular formula is C28H30F4N4O2. The highest BCUT2D eigenvalue weighted by molar-refractivity contribution is 5.76. The predicted molar refractivity (Wildman–Crippen MR) is 137 cm³/mol. The number of carbonyl (C=O) groups excluding carboxylic acids is 1. The van der Waals surface area contributed by atoms with Crippen LogP contribution >= 0.6 is 0 Å². The number of hydrogen-bond acceptors (Lipinski definition) is 5. The monoisotopic (exact) mass is 530 g/mol. The van der Waals surface area contributed by atoms with Crippen LogP contribution in [0.5, 0.6) is 0 Å². The van der Waals surface area contributed by atoms with Gasteiger partial charge in [0.1, 0.15) is 5.82 Å². The number of ether oxygens (including phenoxy) is 1. The van der Waals surface area contributed by atoms with Crippen LogP contribution in [0.2, 0.25) is 0 Å². The van der Waals surface area contributed by atoms with Crippen molar-refractivity contribution in [3.05, 3.63) is 83.8 Å². The highest BCUT2D eigenvalue weighted by atomic mass is 19.4. The molecule has 1 aliphatic heterocycles. The Hall–Kier alpha value is -3.50. The Morgan fingerprint density at radius 3 is 2.34 bits per heavy atom. The van der Waals surface area contributed by atoms with E-state index in [0.29, 0.717) is 12.2 Å². The Balaban J connectivity index is 1.12. The molecule has 6 nitrogen and oxygen atoms in total. The van der Waals surface area contributed by atoms with Crippen molar-refractivity contribution < 1.29 is 27.1 Å². The molecule has 0 saturated carbocycles. The van der Waals surface area contributed by atoms with Crippen LogP contribution in [0.3, 0.4) is 0 Å². The number of nitrogens with zero attached hydrogens (tertiary/aromatic N) is 3. The molecule has 1 fully saturated rings. The second-order valence-electron chi connectivity index (χ2n) is 9.04. The molecule has 1 saturated heterocycles. The van der Waals surface area contributed by atoms with Crippen molar-refractivity contribution >= 4 is 11.6 Å². The third-order valence-corrected chi connectivity index (χ3v) is 6.41. The summed E-state index contributed by atoms with van der Waals surface area (Å²) in [7, 11) is 0. The van der Waals surface area contributed by atoms with Crippen molar-refractivity contribution in [2.24, 2.45) is 0 Å². The van der Waals surface area contributed by atoms with E-state index in [9.17, 15) is 22.4 Å². The fourth-order valence-electron chi connectivity index (χ4n) is 4.26. The van der Waals surface area contributed by atoms with E-state index in [-0.39, 0.29) is 31.3 Å². The zero-order chi connectivity index (χ0) is 27.0. The number of piperazine rings is 1. The molecule has 2 heterocycles. The Morgan fingerprint density at radius 1 is 0.947 bits per heavy atom. The number of amides is 1. The quantitative estimate of drug-likeness (QED) is 0.303. The van der Waals surface area contributed by atoms with Crippen LogP contribution in [0.15, 0.2) is 66.9 Å². The molecule has 4 rings (SSSR count). The predicted octanol–water partition coefficient (Wildman–Crippen LogP) is 4.75. The number of anilines is 1. The summed E-state index contributed by atoms with van der Waals surface area (Å²) in [6.07, 6.45) is -2.45. The molecule has 0 bridgehead atoms. The molecule has 1 amide bonds. The number of pyridine rings is 1. The fourth-order valence-corrected chi connectivity index (χ4v) is 4.26. The van der Waals surface area contributed by atoms with Gasteiger partial charge in [-0.2, -0.15) is 13.2 Å². The Kier molecular flexibility index (Phi) is 9.30. The summed E-state index contributed by atoms with van der Waals surface area (Å²) in [6, 6.07) is 15.0. The van der Waals surface area contributed by atoms with Crippen molar-refractivity contribution in [3.63, 3.8) is 0 Å². The molecule has 38 heavy (non-hydrogen) atoms. The fraction of sp³-hybridized carbons (Fsp3) is 0.357. The zero-order valence-electron chi connectivity index (χ0n) is 20.9. The maximum absolute atomic E-state index is 13.3. The number of halogens is 4. The molecule has 0 radical (unpaired) electrons. The second kappa shape index (κ2) is 12.8. The van der Waals surface area contributed by atoms with E-state index in [4.69, 9.17) is 4.74 Å².